The van der Waals surface area contributed by atoms with Gasteiger partial charge in [-0.15, -0.1) is 0 Å². The molecule has 8 heteroatoms. The van der Waals surface area contributed by atoms with Crippen molar-refractivity contribution < 1.29 is 19.1 Å². The molecular formula is C21H22ClN3O4. The molecule has 1 aromatic heterocycles. The third kappa shape index (κ3) is 4.74. The largest absolute Gasteiger partial charge is 0.462 e. The number of rotatable bonds is 4. The summed E-state index contributed by atoms with van der Waals surface area (Å²) in [7, 11) is 0. The van der Waals surface area contributed by atoms with E-state index in [0.717, 1.165) is 0 Å². The number of carbonyl (C=O) groups is 3. The van der Waals surface area contributed by atoms with E-state index in [-0.39, 0.29) is 24.1 Å². The molecule has 0 spiro atoms. The summed E-state index contributed by atoms with van der Waals surface area (Å²) < 4.78 is 4.98. The van der Waals surface area contributed by atoms with Gasteiger partial charge in [0.1, 0.15) is 5.69 Å². The number of pyridine rings is 1. The maximum absolute atomic E-state index is 12.8. The fraction of sp³-hybridized carbons (Fsp3) is 0.333. The normalized spacial score (nSPS) is 13.9. The van der Waals surface area contributed by atoms with Gasteiger partial charge < -0.3 is 14.5 Å². The third-order valence-corrected chi connectivity index (χ3v) is 5.00. The van der Waals surface area contributed by atoms with Crippen LogP contribution in [0.2, 0.25) is 5.02 Å². The van der Waals surface area contributed by atoms with Gasteiger partial charge in [-0.1, -0.05) is 11.6 Å². The molecule has 0 unspecified atom stereocenters. The lowest BCUT2D eigenvalue weighted by Crippen LogP contribution is -2.50. The van der Waals surface area contributed by atoms with Gasteiger partial charge >= 0.3 is 5.97 Å². The molecule has 0 saturated carbocycles. The SMILES string of the molecule is CCOC(=O)c1ccc(C(=O)N2CCN(C(=O)c3ccc(Cl)cc3)CC2)nc1C. The van der Waals surface area contributed by atoms with Crippen molar-refractivity contribution in [2.45, 2.75) is 13.8 Å². The molecule has 7 nitrogen and oxygen atoms in total. The fourth-order valence-corrected chi connectivity index (χ4v) is 3.28. The molecule has 0 N–H and O–H groups in total. The van der Waals surface area contributed by atoms with E-state index in [2.05, 4.69) is 4.98 Å². The van der Waals surface area contributed by atoms with Gasteiger partial charge in [-0.05, 0) is 50.2 Å². The summed E-state index contributed by atoms with van der Waals surface area (Å²) in [6.45, 7) is 5.39. The number of amides is 2. The Labute approximate surface area is 174 Å². The highest BCUT2D eigenvalue weighted by Crippen LogP contribution is 2.15. The number of benzene rings is 1. The molecule has 2 aromatic rings. The van der Waals surface area contributed by atoms with Gasteiger partial charge in [0.05, 0.1) is 17.9 Å². The first-order chi connectivity index (χ1) is 13.9. The van der Waals surface area contributed by atoms with Crippen molar-refractivity contribution >= 4 is 29.4 Å². The Balaban J connectivity index is 1.62. The van der Waals surface area contributed by atoms with Crippen LogP contribution in [-0.2, 0) is 4.74 Å². The van der Waals surface area contributed by atoms with E-state index in [1.54, 1.807) is 54.0 Å². The number of hydrogen-bond acceptors (Lipinski definition) is 5. The first kappa shape index (κ1) is 20.8. The zero-order valence-electron chi connectivity index (χ0n) is 16.4. The summed E-state index contributed by atoms with van der Waals surface area (Å²) >= 11 is 5.87. The van der Waals surface area contributed by atoms with Gasteiger partial charge in [-0.25, -0.2) is 9.78 Å². The van der Waals surface area contributed by atoms with E-state index in [9.17, 15) is 14.4 Å². The molecule has 29 heavy (non-hydrogen) atoms. The molecular weight excluding hydrogens is 394 g/mol. The molecule has 0 bridgehead atoms. The zero-order chi connectivity index (χ0) is 21.0. The molecule has 1 saturated heterocycles. The average molecular weight is 416 g/mol. The topological polar surface area (TPSA) is 79.8 Å². The number of aryl methyl sites for hydroxylation is 1. The number of carbonyl (C=O) groups excluding carboxylic acids is 3. The predicted octanol–water partition coefficient (Wildman–Crippen LogP) is 2.82. The van der Waals surface area contributed by atoms with Gasteiger partial charge in [0.2, 0.25) is 0 Å². The van der Waals surface area contributed by atoms with Gasteiger partial charge in [-0.2, -0.15) is 0 Å². The van der Waals surface area contributed by atoms with E-state index >= 15 is 0 Å². The fourth-order valence-electron chi connectivity index (χ4n) is 3.15. The first-order valence-electron chi connectivity index (χ1n) is 9.39. The van der Waals surface area contributed by atoms with Crippen LogP contribution < -0.4 is 0 Å². The van der Waals surface area contributed by atoms with Gasteiger partial charge in [0.15, 0.2) is 0 Å². The first-order valence-corrected chi connectivity index (χ1v) is 9.77. The van der Waals surface area contributed by atoms with Crippen molar-refractivity contribution in [1.82, 2.24) is 14.8 Å². The molecule has 2 amide bonds. The van der Waals surface area contributed by atoms with Crippen molar-refractivity contribution in [2.75, 3.05) is 32.8 Å². The second-order valence-corrected chi connectivity index (χ2v) is 7.08. The van der Waals surface area contributed by atoms with Crippen LogP contribution in [0.1, 0.15) is 43.8 Å². The molecule has 1 aromatic carbocycles. The lowest BCUT2D eigenvalue weighted by molar-refractivity contribution is 0.0521. The minimum absolute atomic E-state index is 0.0819. The molecule has 0 atom stereocenters. The summed E-state index contributed by atoms with van der Waals surface area (Å²) in [5, 5.41) is 0.578. The van der Waals surface area contributed by atoms with Gasteiger partial charge in [0.25, 0.3) is 11.8 Å². The Morgan fingerprint density at radius 1 is 0.966 bits per heavy atom. The molecule has 2 heterocycles. The van der Waals surface area contributed by atoms with Crippen LogP contribution in [0.15, 0.2) is 36.4 Å². The van der Waals surface area contributed by atoms with Crippen LogP contribution in [0.25, 0.3) is 0 Å². The number of aromatic nitrogens is 1. The number of esters is 1. The molecule has 1 aliphatic heterocycles. The van der Waals surface area contributed by atoms with Crippen molar-refractivity contribution in [3.63, 3.8) is 0 Å². The van der Waals surface area contributed by atoms with Crippen molar-refractivity contribution in [3.8, 4) is 0 Å². The smallest absolute Gasteiger partial charge is 0.339 e. The molecule has 152 valence electrons. The van der Waals surface area contributed by atoms with Crippen LogP contribution >= 0.6 is 11.6 Å². The van der Waals surface area contributed by atoms with E-state index in [4.69, 9.17) is 16.3 Å². The lowest BCUT2D eigenvalue weighted by atomic mass is 10.1. The zero-order valence-corrected chi connectivity index (χ0v) is 17.1. The summed E-state index contributed by atoms with van der Waals surface area (Å²) in [4.78, 5) is 44.9. The molecule has 1 fully saturated rings. The van der Waals surface area contributed by atoms with Crippen molar-refractivity contribution in [3.05, 3.63) is 63.9 Å². The van der Waals surface area contributed by atoms with E-state index in [0.29, 0.717) is 48.0 Å². The highest BCUT2D eigenvalue weighted by Gasteiger charge is 2.26. The second-order valence-electron chi connectivity index (χ2n) is 6.64. The maximum atomic E-state index is 12.8. The predicted molar refractivity (Wildman–Crippen MR) is 108 cm³/mol. The third-order valence-electron chi connectivity index (χ3n) is 4.75. The Hall–Kier alpha value is -2.93. The van der Waals surface area contributed by atoms with E-state index < -0.39 is 5.97 Å². The standard InChI is InChI=1S/C21H22ClN3O4/c1-3-29-21(28)17-8-9-18(23-14(17)2)20(27)25-12-10-24(11-13-25)19(26)15-4-6-16(22)7-5-15/h4-9H,3,10-13H2,1-2H3. The summed E-state index contributed by atoms with van der Waals surface area (Å²) in [5.74, 6) is -0.755. The minimum atomic E-state index is -0.453. The lowest BCUT2D eigenvalue weighted by Gasteiger charge is -2.34. The number of hydrogen-bond donors (Lipinski definition) is 0. The highest BCUT2D eigenvalue weighted by atomic mass is 35.5. The van der Waals surface area contributed by atoms with Crippen LogP contribution in [0.4, 0.5) is 0 Å². The second kappa shape index (κ2) is 9.05. The Morgan fingerprint density at radius 2 is 1.55 bits per heavy atom. The van der Waals surface area contributed by atoms with Gasteiger partial charge in [0, 0.05) is 36.8 Å². The molecule has 1 aliphatic rings. The van der Waals surface area contributed by atoms with E-state index in [1.165, 1.54) is 6.07 Å². The molecule has 0 radical (unpaired) electrons. The van der Waals surface area contributed by atoms with Crippen molar-refractivity contribution in [2.24, 2.45) is 0 Å². The number of nitrogens with zero attached hydrogens (tertiary/aromatic N) is 3. The monoisotopic (exact) mass is 415 g/mol. The van der Waals surface area contributed by atoms with Crippen LogP contribution in [0.3, 0.4) is 0 Å². The minimum Gasteiger partial charge on any atom is -0.462 e. The molecule has 3 rings (SSSR count). The Morgan fingerprint density at radius 3 is 2.10 bits per heavy atom. The van der Waals surface area contributed by atoms with Crippen molar-refractivity contribution in [1.29, 1.82) is 0 Å². The summed E-state index contributed by atoms with van der Waals surface area (Å²) in [6.07, 6.45) is 0. The van der Waals surface area contributed by atoms with Gasteiger partial charge in [-0.3, -0.25) is 9.59 Å². The van der Waals surface area contributed by atoms with Crippen LogP contribution in [0.5, 0.6) is 0 Å². The Bertz CT molecular complexity index is 922. The van der Waals surface area contributed by atoms with Crippen LogP contribution in [0, 0.1) is 6.92 Å². The quantitative estimate of drug-likeness (QED) is 0.717. The molecule has 0 aliphatic carbocycles. The highest BCUT2D eigenvalue weighted by molar-refractivity contribution is 6.30. The number of piperazine rings is 1. The van der Waals surface area contributed by atoms with E-state index in [1.807, 2.05) is 0 Å². The summed E-state index contributed by atoms with van der Waals surface area (Å²) in [5.41, 5.74) is 1.64. The Kier molecular flexibility index (Phi) is 6.49. The number of ether oxygens (including phenoxy) is 1. The number of halogens is 1. The maximum Gasteiger partial charge on any atom is 0.339 e. The summed E-state index contributed by atoms with van der Waals surface area (Å²) in [6, 6.07) is 9.85. The average Bonchev–Trinajstić information content (AvgIpc) is 2.73. The van der Waals surface area contributed by atoms with Crippen LogP contribution in [-0.4, -0.2) is 65.4 Å².